The SMILES string of the molecule is CCC1(CCc2n[nH]c(=O)c3ccccc23)CC(NC(=O)c2ccc(-c3cn[nH]c3)c(C#N)c2)C1. The number of nitrogens with one attached hydrogen (secondary N) is 3. The van der Waals surface area contributed by atoms with Gasteiger partial charge in [-0.1, -0.05) is 37.6 Å². The van der Waals surface area contributed by atoms with Crippen molar-refractivity contribution in [1.29, 1.82) is 5.26 Å². The maximum atomic E-state index is 12.9. The van der Waals surface area contributed by atoms with Crippen molar-refractivity contribution in [2.24, 2.45) is 5.41 Å². The van der Waals surface area contributed by atoms with Gasteiger partial charge in [0.15, 0.2) is 0 Å². The fraction of sp³-hybridized carbons (Fsp3) is 0.296. The zero-order valence-electron chi connectivity index (χ0n) is 19.5. The summed E-state index contributed by atoms with van der Waals surface area (Å²) in [5, 5.41) is 27.9. The number of hydrogen-bond acceptors (Lipinski definition) is 5. The van der Waals surface area contributed by atoms with Gasteiger partial charge in [0.25, 0.3) is 11.5 Å². The van der Waals surface area contributed by atoms with E-state index < -0.39 is 0 Å². The lowest BCUT2D eigenvalue weighted by atomic mass is 9.61. The highest BCUT2D eigenvalue weighted by molar-refractivity contribution is 5.95. The molecule has 8 nitrogen and oxygen atoms in total. The number of carbonyl (C=O) groups is 1. The lowest BCUT2D eigenvalue weighted by molar-refractivity contribution is 0.0571. The summed E-state index contributed by atoms with van der Waals surface area (Å²) in [5.41, 5.74) is 3.35. The van der Waals surface area contributed by atoms with Crippen molar-refractivity contribution in [3.05, 3.63) is 82.0 Å². The molecule has 0 saturated heterocycles. The fourth-order valence-electron chi connectivity index (χ4n) is 5.20. The highest BCUT2D eigenvalue weighted by Gasteiger charge is 2.43. The summed E-state index contributed by atoms with van der Waals surface area (Å²) in [6.45, 7) is 2.18. The smallest absolute Gasteiger partial charge is 0.272 e. The lowest BCUT2D eigenvalue weighted by Gasteiger charge is -2.48. The molecule has 176 valence electrons. The summed E-state index contributed by atoms with van der Waals surface area (Å²) in [4.78, 5) is 24.9. The highest BCUT2D eigenvalue weighted by Crippen LogP contribution is 2.47. The molecule has 0 bridgehead atoms. The Morgan fingerprint density at radius 2 is 2.03 bits per heavy atom. The first kappa shape index (κ1) is 22.5. The molecule has 0 aliphatic heterocycles. The summed E-state index contributed by atoms with van der Waals surface area (Å²) in [6.07, 6.45) is 7.89. The second-order valence-corrected chi connectivity index (χ2v) is 9.34. The van der Waals surface area contributed by atoms with Crippen LogP contribution in [0.5, 0.6) is 0 Å². The number of nitriles is 1. The van der Waals surface area contributed by atoms with Crippen LogP contribution in [0, 0.1) is 16.7 Å². The molecular formula is C27H26N6O2. The first-order valence-corrected chi connectivity index (χ1v) is 11.8. The van der Waals surface area contributed by atoms with E-state index in [9.17, 15) is 14.9 Å². The van der Waals surface area contributed by atoms with Gasteiger partial charge in [-0.2, -0.15) is 15.5 Å². The molecule has 1 saturated carbocycles. The molecule has 1 aliphatic rings. The summed E-state index contributed by atoms with van der Waals surface area (Å²) in [7, 11) is 0. The third kappa shape index (κ3) is 4.33. The molecule has 8 heteroatoms. The predicted octanol–water partition coefficient (Wildman–Crippen LogP) is 4.11. The average Bonchev–Trinajstić information content (AvgIpc) is 3.41. The van der Waals surface area contributed by atoms with E-state index in [4.69, 9.17) is 0 Å². The van der Waals surface area contributed by atoms with Gasteiger partial charge < -0.3 is 5.32 Å². The molecule has 1 aliphatic carbocycles. The van der Waals surface area contributed by atoms with E-state index >= 15 is 0 Å². The molecule has 4 aromatic rings. The van der Waals surface area contributed by atoms with Crippen molar-refractivity contribution in [2.45, 2.75) is 45.1 Å². The van der Waals surface area contributed by atoms with Crippen LogP contribution in [0.25, 0.3) is 21.9 Å². The molecule has 1 fully saturated rings. The van der Waals surface area contributed by atoms with Crippen molar-refractivity contribution in [3.8, 4) is 17.2 Å². The first-order valence-electron chi connectivity index (χ1n) is 11.8. The first-order chi connectivity index (χ1) is 17.0. The number of aromatic nitrogens is 4. The van der Waals surface area contributed by atoms with Gasteiger partial charge in [-0.3, -0.25) is 14.7 Å². The largest absolute Gasteiger partial charge is 0.349 e. The van der Waals surface area contributed by atoms with Crippen LogP contribution in [-0.4, -0.2) is 32.3 Å². The van der Waals surface area contributed by atoms with Crippen molar-refractivity contribution in [2.75, 3.05) is 0 Å². The van der Waals surface area contributed by atoms with Crippen molar-refractivity contribution < 1.29 is 4.79 Å². The number of rotatable bonds is 7. The minimum Gasteiger partial charge on any atom is -0.349 e. The van der Waals surface area contributed by atoms with Crippen molar-refractivity contribution in [3.63, 3.8) is 0 Å². The number of aromatic amines is 2. The van der Waals surface area contributed by atoms with Gasteiger partial charge in [0.2, 0.25) is 0 Å². The highest BCUT2D eigenvalue weighted by atomic mass is 16.1. The van der Waals surface area contributed by atoms with E-state index in [2.05, 4.69) is 38.7 Å². The van der Waals surface area contributed by atoms with Gasteiger partial charge in [0.05, 0.1) is 28.9 Å². The molecule has 2 heterocycles. The minimum atomic E-state index is -0.168. The summed E-state index contributed by atoms with van der Waals surface area (Å²) < 4.78 is 0. The van der Waals surface area contributed by atoms with Crippen LogP contribution in [0.3, 0.4) is 0 Å². The van der Waals surface area contributed by atoms with Crippen LogP contribution in [0.1, 0.15) is 54.2 Å². The Morgan fingerprint density at radius 1 is 1.23 bits per heavy atom. The molecule has 0 atom stereocenters. The maximum Gasteiger partial charge on any atom is 0.272 e. The van der Waals surface area contributed by atoms with E-state index in [1.807, 2.05) is 24.3 Å². The predicted molar refractivity (Wildman–Crippen MR) is 133 cm³/mol. The number of amides is 1. The molecule has 35 heavy (non-hydrogen) atoms. The Kier molecular flexibility index (Phi) is 5.91. The van der Waals surface area contributed by atoms with Crippen LogP contribution in [-0.2, 0) is 6.42 Å². The number of benzene rings is 2. The second kappa shape index (κ2) is 9.18. The summed E-state index contributed by atoms with van der Waals surface area (Å²) in [5.74, 6) is -0.164. The van der Waals surface area contributed by atoms with E-state index in [-0.39, 0.29) is 22.9 Å². The normalized spacial score (nSPS) is 19.1. The van der Waals surface area contributed by atoms with Crippen LogP contribution < -0.4 is 10.9 Å². The van der Waals surface area contributed by atoms with Crippen LogP contribution in [0.2, 0.25) is 0 Å². The average molecular weight is 467 g/mol. The third-order valence-electron chi connectivity index (χ3n) is 7.32. The van der Waals surface area contributed by atoms with Crippen molar-refractivity contribution >= 4 is 16.7 Å². The van der Waals surface area contributed by atoms with Crippen LogP contribution >= 0.6 is 0 Å². The Labute approximate surface area is 202 Å². The van der Waals surface area contributed by atoms with E-state index in [0.717, 1.165) is 54.3 Å². The fourth-order valence-corrected chi connectivity index (χ4v) is 5.20. The van der Waals surface area contributed by atoms with Gasteiger partial charge in [-0.05, 0) is 49.3 Å². The van der Waals surface area contributed by atoms with Crippen LogP contribution in [0.15, 0.2) is 59.7 Å². The molecule has 5 rings (SSSR count). The Bertz CT molecular complexity index is 1480. The van der Waals surface area contributed by atoms with E-state index in [1.54, 1.807) is 30.6 Å². The third-order valence-corrected chi connectivity index (χ3v) is 7.32. The number of carbonyl (C=O) groups excluding carboxylic acids is 1. The molecule has 1 amide bonds. The monoisotopic (exact) mass is 466 g/mol. The van der Waals surface area contributed by atoms with Crippen LogP contribution in [0.4, 0.5) is 0 Å². The molecule has 0 spiro atoms. The zero-order valence-corrected chi connectivity index (χ0v) is 19.5. The summed E-state index contributed by atoms with van der Waals surface area (Å²) >= 11 is 0. The molecular weight excluding hydrogens is 440 g/mol. The number of hydrogen-bond donors (Lipinski definition) is 3. The Balaban J connectivity index is 1.23. The standard InChI is InChI=1S/C27H26N6O2/c1-2-27(10-9-24-22-5-3-4-6-23(22)26(35)33-32-24)12-20(13-27)31-25(34)17-7-8-21(18(11-17)14-28)19-15-29-30-16-19/h3-8,11,15-16,20H,2,9-10,12-13H2,1H3,(H,29,30)(H,31,34)(H,33,35). The van der Waals surface area contributed by atoms with Gasteiger partial charge in [0, 0.05) is 34.3 Å². The topological polar surface area (TPSA) is 127 Å². The zero-order chi connectivity index (χ0) is 24.4. The molecule has 2 aromatic carbocycles. The molecule has 0 radical (unpaired) electrons. The summed E-state index contributed by atoms with van der Waals surface area (Å²) in [6, 6.07) is 15.0. The quantitative estimate of drug-likeness (QED) is 0.378. The number of H-pyrrole nitrogens is 2. The number of fused-ring (bicyclic) bond motifs is 1. The molecule has 3 N–H and O–H groups in total. The van der Waals surface area contributed by atoms with Gasteiger partial charge in [0.1, 0.15) is 0 Å². The van der Waals surface area contributed by atoms with Crippen molar-refractivity contribution in [1.82, 2.24) is 25.7 Å². The number of nitrogens with zero attached hydrogens (tertiary/aromatic N) is 3. The van der Waals surface area contributed by atoms with Gasteiger partial charge in [-0.15, -0.1) is 0 Å². The Hall–Kier alpha value is -4.25. The lowest BCUT2D eigenvalue weighted by Crippen LogP contribution is -2.50. The number of aryl methyl sites for hydroxylation is 1. The molecule has 2 aromatic heterocycles. The molecule has 0 unspecified atom stereocenters. The van der Waals surface area contributed by atoms with Gasteiger partial charge >= 0.3 is 0 Å². The minimum absolute atomic E-state index is 0.0989. The van der Waals surface area contributed by atoms with E-state index in [0.29, 0.717) is 16.5 Å². The van der Waals surface area contributed by atoms with E-state index in [1.165, 1.54) is 0 Å². The van der Waals surface area contributed by atoms with Gasteiger partial charge in [-0.25, -0.2) is 5.10 Å². The Morgan fingerprint density at radius 3 is 2.74 bits per heavy atom. The second-order valence-electron chi connectivity index (χ2n) is 9.34. The maximum absolute atomic E-state index is 12.9.